The number of hydrogen-bond acceptors (Lipinski definition) is 5. The van der Waals surface area contributed by atoms with E-state index in [1.807, 2.05) is 11.0 Å². The van der Waals surface area contributed by atoms with Crippen LogP contribution >= 0.6 is 15.9 Å². The SMILES string of the molecule is CCCc1cc([C@H]2CCCN2C(=O)c2cnn3cc(Br)cnc23)no1. The zero-order valence-electron chi connectivity index (χ0n) is 13.9. The van der Waals surface area contributed by atoms with E-state index in [9.17, 15) is 4.79 Å². The van der Waals surface area contributed by atoms with E-state index in [1.54, 1.807) is 23.1 Å². The summed E-state index contributed by atoms with van der Waals surface area (Å²) in [7, 11) is 0. The maximum absolute atomic E-state index is 13.1. The van der Waals surface area contributed by atoms with Gasteiger partial charge >= 0.3 is 0 Å². The van der Waals surface area contributed by atoms with Crippen molar-refractivity contribution < 1.29 is 9.32 Å². The number of hydrogen-bond donors (Lipinski definition) is 0. The van der Waals surface area contributed by atoms with Crippen LogP contribution in [-0.4, -0.2) is 37.1 Å². The van der Waals surface area contributed by atoms with Crippen molar-refractivity contribution in [2.75, 3.05) is 6.54 Å². The average molecular weight is 404 g/mol. The topological polar surface area (TPSA) is 76.5 Å². The Morgan fingerprint density at radius 2 is 2.32 bits per heavy atom. The monoisotopic (exact) mass is 403 g/mol. The van der Waals surface area contributed by atoms with Gasteiger partial charge in [0.15, 0.2) is 5.65 Å². The van der Waals surface area contributed by atoms with Crippen molar-refractivity contribution in [3.63, 3.8) is 0 Å². The summed E-state index contributed by atoms with van der Waals surface area (Å²) in [5.74, 6) is 0.812. The highest BCUT2D eigenvalue weighted by Gasteiger charge is 2.34. The number of likely N-dealkylation sites (tertiary alicyclic amines) is 1. The van der Waals surface area contributed by atoms with Gasteiger partial charge in [-0.05, 0) is 35.2 Å². The normalized spacial score (nSPS) is 17.5. The zero-order valence-corrected chi connectivity index (χ0v) is 15.4. The fourth-order valence-corrected chi connectivity index (χ4v) is 3.62. The van der Waals surface area contributed by atoms with Gasteiger partial charge < -0.3 is 9.42 Å². The summed E-state index contributed by atoms with van der Waals surface area (Å²) in [5, 5.41) is 8.43. The van der Waals surface area contributed by atoms with Gasteiger partial charge in [0.25, 0.3) is 5.91 Å². The number of aryl methyl sites for hydroxylation is 1. The molecule has 7 nitrogen and oxygen atoms in total. The number of rotatable bonds is 4. The summed E-state index contributed by atoms with van der Waals surface area (Å²) in [6.45, 7) is 2.80. The average Bonchev–Trinajstić information content (AvgIpc) is 3.32. The number of halogens is 1. The molecule has 1 aliphatic rings. The summed E-state index contributed by atoms with van der Waals surface area (Å²) >= 11 is 3.36. The van der Waals surface area contributed by atoms with Gasteiger partial charge in [-0.3, -0.25) is 4.79 Å². The van der Waals surface area contributed by atoms with Crippen molar-refractivity contribution in [2.45, 2.75) is 38.6 Å². The van der Waals surface area contributed by atoms with E-state index >= 15 is 0 Å². The van der Waals surface area contributed by atoms with Crippen LogP contribution in [0.5, 0.6) is 0 Å². The molecule has 0 radical (unpaired) electrons. The van der Waals surface area contributed by atoms with Crippen LogP contribution in [0.15, 0.2) is 33.7 Å². The Morgan fingerprint density at radius 1 is 1.44 bits per heavy atom. The highest BCUT2D eigenvalue weighted by Crippen LogP contribution is 2.33. The van der Waals surface area contributed by atoms with Gasteiger partial charge in [-0.15, -0.1) is 0 Å². The van der Waals surface area contributed by atoms with E-state index in [2.05, 4.69) is 38.1 Å². The number of carbonyl (C=O) groups is 1. The van der Waals surface area contributed by atoms with Crippen molar-refractivity contribution in [2.24, 2.45) is 0 Å². The Morgan fingerprint density at radius 3 is 3.16 bits per heavy atom. The van der Waals surface area contributed by atoms with Gasteiger partial charge in [-0.25, -0.2) is 9.50 Å². The number of carbonyl (C=O) groups excluding carboxylic acids is 1. The van der Waals surface area contributed by atoms with Gasteiger partial charge in [0.05, 0.1) is 16.7 Å². The molecule has 0 spiro atoms. The summed E-state index contributed by atoms with van der Waals surface area (Å²) in [6, 6.07) is 1.93. The molecule has 1 atom stereocenters. The molecular weight excluding hydrogens is 386 g/mol. The minimum Gasteiger partial charge on any atom is -0.361 e. The lowest BCUT2D eigenvalue weighted by atomic mass is 10.1. The molecule has 8 heteroatoms. The second-order valence-electron chi connectivity index (χ2n) is 6.22. The second-order valence-corrected chi connectivity index (χ2v) is 7.14. The van der Waals surface area contributed by atoms with E-state index in [0.29, 0.717) is 17.8 Å². The molecule has 3 aromatic heterocycles. The van der Waals surface area contributed by atoms with Crippen molar-refractivity contribution in [3.05, 3.63) is 46.1 Å². The molecule has 0 aliphatic carbocycles. The summed E-state index contributed by atoms with van der Waals surface area (Å²) < 4.78 is 7.82. The Labute approximate surface area is 153 Å². The predicted molar refractivity (Wildman–Crippen MR) is 94.2 cm³/mol. The molecular formula is C17H18BrN5O2. The van der Waals surface area contributed by atoms with Crippen LogP contribution in [-0.2, 0) is 6.42 Å². The Kier molecular flexibility index (Phi) is 4.29. The molecule has 4 rings (SSSR count). The summed E-state index contributed by atoms with van der Waals surface area (Å²) in [4.78, 5) is 19.3. The first-order valence-electron chi connectivity index (χ1n) is 8.42. The zero-order chi connectivity index (χ0) is 17.4. The number of aromatic nitrogens is 4. The van der Waals surface area contributed by atoms with Gasteiger partial charge in [-0.1, -0.05) is 12.1 Å². The first kappa shape index (κ1) is 16.3. The standard InChI is InChI=1S/C17H18BrN5O2/c1-2-4-12-7-14(21-25-12)15-5-3-6-22(15)17(24)13-9-20-23-10-11(18)8-19-16(13)23/h7-10,15H,2-6H2,1H3/t15-/m1/s1. The molecule has 0 saturated carbocycles. The maximum atomic E-state index is 13.1. The largest absolute Gasteiger partial charge is 0.361 e. The van der Waals surface area contributed by atoms with Crippen LogP contribution in [0.2, 0.25) is 0 Å². The van der Waals surface area contributed by atoms with Crippen molar-refractivity contribution in [1.82, 2.24) is 24.7 Å². The smallest absolute Gasteiger partial charge is 0.259 e. The van der Waals surface area contributed by atoms with Gasteiger partial charge in [0.1, 0.15) is 17.0 Å². The lowest BCUT2D eigenvalue weighted by Crippen LogP contribution is -2.30. The molecule has 1 saturated heterocycles. The molecule has 1 fully saturated rings. The molecule has 0 N–H and O–H groups in total. The fourth-order valence-electron chi connectivity index (χ4n) is 3.32. The third-order valence-electron chi connectivity index (χ3n) is 4.48. The van der Waals surface area contributed by atoms with Gasteiger partial charge in [0, 0.05) is 31.4 Å². The Bertz CT molecular complexity index is 919. The lowest BCUT2D eigenvalue weighted by Gasteiger charge is -2.22. The lowest BCUT2D eigenvalue weighted by molar-refractivity contribution is 0.0732. The highest BCUT2D eigenvalue weighted by molar-refractivity contribution is 9.10. The fraction of sp³-hybridized carbons (Fsp3) is 0.412. The van der Waals surface area contributed by atoms with Crippen LogP contribution in [0.3, 0.4) is 0 Å². The Hall–Kier alpha value is -2.22. The van der Waals surface area contributed by atoms with Crippen LogP contribution in [0.25, 0.3) is 5.65 Å². The van der Waals surface area contributed by atoms with Crippen LogP contribution in [0.1, 0.15) is 54.0 Å². The van der Waals surface area contributed by atoms with E-state index in [0.717, 1.165) is 41.6 Å². The minimum absolute atomic E-state index is 0.0488. The van der Waals surface area contributed by atoms with Crippen LogP contribution in [0.4, 0.5) is 0 Å². The van der Waals surface area contributed by atoms with E-state index in [4.69, 9.17) is 4.52 Å². The minimum atomic E-state index is -0.0626. The number of nitrogens with zero attached hydrogens (tertiary/aromatic N) is 5. The molecule has 1 aliphatic heterocycles. The van der Waals surface area contributed by atoms with Crippen LogP contribution < -0.4 is 0 Å². The number of fused-ring (bicyclic) bond motifs is 1. The van der Waals surface area contributed by atoms with Crippen molar-refractivity contribution in [3.8, 4) is 0 Å². The van der Waals surface area contributed by atoms with Gasteiger partial charge in [-0.2, -0.15) is 5.10 Å². The summed E-state index contributed by atoms with van der Waals surface area (Å²) in [6.07, 6.45) is 8.75. The van der Waals surface area contributed by atoms with E-state index < -0.39 is 0 Å². The second kappa shape index (κ2) is 6.59. The maximum Gasteiger partial charge on any atom is 0.259 e. The third kappa shape index (κ3) is 2.95. The predicted octanol–water partition coefficient (Wildman–Crippen LogP) is 3.41. The molecule has 0 bridgehead atoms. The summed E-state index contributed by atoms with van der Waals surface area (Å²) in [5.41, 5.74) is 1.91. The van der Waals surface area contributed by atoms with Crippen molar-refractivity contribution >= 4 is 27.5 Å². The van der Waals surface area contributed by atoms with Crippen molar-refractivity contribution in [1.29, 1.82) is 0 Å². The highest BCUT2D eigenvalue weighted by atomic mass is 79.9. The first-order valence-corrected chi connectivity index (χ1v) is 9.22. The molecule has 25 heavy (non-hydrogen) atoms. The molecule has 1 amide bonds. The molecule has 0 unspecified atom stereocenters. The molecule has 130 valence electrons. The third-order valence-corrected chi connectivity index (χ3v) is 4.89. The molecule has 3 aromatic rings. The molecule has 0 aromatic carbocycles. The number of amides is 1. The Balaban J connectivity index is 1.63. The van der Waals surface area contributed by atoms with Gasteiger partial charge in [0.2, 0.25) is 0 Å². The van der Waals surface area contributed by atoms with E-state index in [1.165, 1.54) is 0 Å². The molecule has 4 heterocycles. The first-order chi connectivity index (χ1) is 12.2. The van der Waals surface area contributed by atoms with Crippen LogP contribution in [0, 0.1) is 0 Å². The van der Waals surface area contributed by atoms with E-state index in [-0.39, 0.29) is 11.9 Å². The quantitative estimate of drug-likeness (QED) is 0.666.